The summed E-state index contributed by atoms with van der Waals surface area (Å²) in [7, 11) is 4.11. The highest BCUT2D eigenvalue weighted by Crippen LogP contribution is 2.50. The summed E-state index contributed by atoms with van der Waals surface area (Å²) in [5.74, 6) is 0. The van der Waals surface area contributed by atoms with Crippen molar-refractivity contribution in [3.05, 3.63) is 0 Å². The minimum absolute atomic E-state index is 0.977. The summed E-state index contributed by atoms with van der Waals surface area (Å²) in [5, 5.41) is 1.95. The lowest BCUT2D eigenvalue weighted by molar-refractivity contribution is 0.733. The molecule has 48 valence electrons. The van der Waals surface area contributed by atoms with Crippen molar-refractivity contribution in [2.45, 2.75) is 37.2 Å². The van der Waals surface area contributed by atoms with Crippen LogP contribution in [-0.4, -0.2) is 10.5 Å². The molecule has 0 nitrogen and oxygen atoms in total. The van der Waals surface area contributed by atoms with Crippen molar-refractivity contribution in [2.75, 3.05) is 0 Å². The Morgan fingerprint density at radius 2 is 1.38 bits per heavy atom. The second-order valence-corrected chi connectivity index (χ2v) is 4.84. The molecule has 2 unspecified atom stereocenters. The molecule has 2 heteroatoms. The number of hydrogen-bond donors (Lipinski definition) is 0. The highest BCUT2D eigenvalue weighted by atomic mass is 33.1. The largest absolute Gasteiger partial charge is 0.0892 e. The maximum atomic E-state index is 2.28. The summed E-state index contributed by atoms with van der Waals surface area (Å²) in [6.45, 7) is 4.56. The molecule has 0 radical (unpaired) electrons. The molecule has 1 aliphatic heterocycles. The second-order valence-electron chi connectivity index (χ2n) is 2.09. The van der Waals surface area contributed by atoms with Crippen LogP contribution in [0.15, 0.2) is 0 Å². The van der Waals surface area contributed by atoms with Gasteiger partial charge in [0.05, 0.1) is 0 Å². The van der Waals surface area contributed by atoms with Gasteiger partial charge in [-0.3, -0.25) is 0 Å². The molecule has 0 saturated carbocycles. The SMILES string of the molecule is CCC1SSC1CC. The van der Waals surface area contributed by atoms with Crippen LogP contribution in [0.5, 0.6) is 0 Å². The van der Waals surface area contributed by atoms with Crippen molar-refractivity contribution in [1.29, 1.82) is 0 Å². The summed E-state index contributed by atoms with van der Waals surface area (Å²) in [6.07, 6.45) is 2.71. The molecule has 0 amide bonds. The van der Waals surface area contributed by atoms with Crippen molar-refractivity contribution in [2.24, 2.45) is 0 Å². The van der Waals surface area contributed by atoms with Crippen LogP contribution in [0, 0.1) is 0 Å². The molecule has 0 N–H and O–H groups in total. The Bertz CT molecular complexity index is 58.9. The Morgan fingerprint density at radius 3 is 1.50 bits per heavy atom. The molecule has 0 aromatic carbocycles. The molecule has 1 saturated heterocycles. The summed E-state index contributed by atoms with van der Waals surface area (Å²) in [6, 6.07) is 0. The summed E-state index contributed by atoms with van der Waals surface area (Å²) in [4.78, 5) is 0. The molecule has 1 rings (SSSR count). The van der Waals surface area contributed by atoms with Crippen LogP contribution in [0.2, 0.25) is 0 Å². The van der Waals surface area contributed by atoms with Gasteiger partial charge in [-0.05, 0) is 12.8 Å². The van der Waals surface area contributed by atoms with E-state index >= 15 is 0 Å². The fourth-order valence-electron chi connectivity index (χ4n) is 0.875. The molecular weight excluding hydrogens is 136 g/mol. The standard InChI is InChI=1S/C6H12S2/c1-3-5-6(4-2)8-7-5/h5-6H,3-4H2,1-2H3. The normalized spacial score (nSPS) is 36.8. The lowest BCUT2D eigenvalue weighted by Gasteiger charge is -2.32. The lowest BCUT2D eigenvalue weighted by Crippen LogP contribution is -2.24. The lowest BCUT2D eigenvalue weighted by atomic mass is 10.2. The average Bonchev–Trinajstić information content (AvgIpc) is 1.66. The molecule has 1 fully saturated rings. The third kappa shape index (κ3) is 1.16. The topological polar surface area (TPSA) is 0 Å². The van der Waals surface area contributed by atoms with E-state index in [1.54, 1.807) is 0 Å². The fourth-order valence-corrected chi connectivity index (χ4v) is 4.05. The van der Waals surface area contributed by atoms with Gasteiger partial charge in [0.1, 0.15) is 0 Å². The van der Waals surface area contributed by atoms with Gasteiger partial charge in [-0.2, -0.15) is 0 Å². The fraction of sp³-hybridized carbons (Fsp3) is 1.00. The first-order valence-electron chi connectivity index (χ1n) is 3.20. The third-order valence-electron chi connectivity index (χ3n) is 1.52. The van der Waals surface area contributed by atoms with Gasteiger partial charge >= 0.3 is 0 Å². The molecule has 0 aromatic rings. The molecule has 1 aliphatic rings. The summed E-state index contributed by atoms with van der Waals surface area (Å²) >= 11 is 0. The minimum atomic E-state index is 0.977. The minimum Gasteiger partial charge on any atom is -0.0892 e. The van der Waals surface area contributed by atoms with Crippen molar-refractivity contribution in [3.63, 3.8) is 0 Å². The van der Waals surface area contributed by atoms with Crippen LogP contribution in [0.25, 0.3) is 0 Å². The highest BCUT2D eigenvalue weighted by Gasteiger charge is 2.29. The van der Waals surface area contributed by atoms with Crippen LogP contribution in [0.4, 0.5) is 0 Å². The van der Waals surface area contributed by atoms with Crippen LogP contribution in [0.1, 0.15) is 26.7 Å². The predicted octanol–water partition coefficient (Wildman–Crippen LogP) is 2.94. The second kappa shape index (κ2) is 3.02. The first-order valence-corrected chi connectivity index (χ1v) is 5.48. The Labute approximate surface area is 59.2 Å². The first-order chi connectivity index (χ1) is 3.88. The average molecular weight is 148 g/mol. The zero-order chi connectivity index (χ0) is 5.98. The molecule has 0 bridgehead atoms. The van der Waals surface area contributed by atoms with E-state index in [1.165, 1.54) is 12.8 Å². The van der Waals surface area contributed by atoms with E-state index in [0.717, 1.165) is 10.5 Å². The maximum Gasteiger partial charge on any atom is 0.0276 e. The van der Waals surface area contributed by atoms with Crippen molar-refractivity contribution in [3.8, 4) is 0 Å². The zero-order valence-corrected chi connectivity index (χ0v) is 7.02. The van der Waals surface area contributed by atoms with Crippen LogP contribution in [0.3, 0.4) is 0 Å². The Morgan fingerprint density at radius 1 is 1.00 bits per heavy atom. The number of rotatable bonds is 2. The predicted molar refractivity (Wildman–Crippen MR) is 43.3 cm³/mol. The van der Waals surface area contributed by atoms with E-state index in [9.17, 15) is 0 Å². The van der Waals surface area contributed by atoms with Gasteiger partial charge in [0.15, 0.2) is 0 Å². The molecule has 1 heterocycles. The molecule has 0 spiro atoms. The van der Waals surface area contributed by atoms with E-state index in [4.69, 9.17) is 0 Å². The molecular formula is C6H12S2. The van der Waals surface area contributed by atoms with E-state index in [1.807, 2.05) is 0 Å². The van der Waals surface area contributed by atoms with Gasteiger partial charge in [-0.25, -0.2) is 0 Å². The summed E-state index contributed by atoms with van der Waals surface area (Å²) in [5.41, 5.74) is 0. The van der Waals surface area contributed by atoms with E-state index in [2.05, 4.69) is 35.4 Å². The number of hydrogen-bond acceptors (Lipinski definition) is 2. The highest BCUT2D eigenvalue weighted by molar-refractivity contribution is 8.80. The van der Waals surface area contributed by atoms with Gasteiger partial charge in [-0.1, -0.05) is 35.4 Å². The molecule has 2 atom stereocenters. The van der Waals surface area contributed by atoms with Gasteiger partial charge < -0.3 is 0 Å². The smallest absolute Gasteiger partial charge is 0.0276 e. The van der Waals surface area contributed by atoms with Crippen LogP contribution >= 0.6 is 21.6 Å². The first kappa shape index (κ1) is 6.81. The van der Waals surface area contributed by atoms with Crippen molar-refractivity contribution >= 4 is 21.6 Å². The molecule has 0 aromatic heterocycles. The summed E-state index contributed by atoms with van der Waals surface area (Å²) < 4.78 is 0. The van der Waals surface area contributed by atoms with Gasteiger partial charge in [0.2, 0.25) is 0 Å². The maximum absolute atomic E-state index is 2.28. The van der Waals surface area contributed by atoms with Gasteiger partial charge in [-0.15, -0.1) is 0 Å². The quantitative estimate of drug-likeness (QED) is 0.552. The van der Waals surface area contributed by atoms with Crippen molar-refractivity contribution in [1.82, 2.24) is 0 Å². The Hall–Kier alpha value is 0.700. The Balaban J connectivity index is 2.16. The van der Waals surface area contributed by atoms with Crippen molar-refractivity contribution < 1.29 is 0 Å². The van der Waals surface area contributed by atoms with Crippen LogP contribution in [-0.2, 0) is 0 Å². The van der Waals surface area contributed by atoms with Crippen LogP contribution < -0.4 is 0 Å². The molecule has 8 heavy (non-hydrogen) atoms. The van der Waals surface area contributed by atoms with E-state index in [0.29, 0.717) is 0 Å². The van der Waals surface area contributed by atoms with Gasteiger partial charge in [0.25, 0.3) is 0 Å². The Kier molecular flexibility index (Phi) is 2.57. The van der Waals surface area contributed by atoms with Gasteiger partial charge in [0, 0.05) is 10.5 Å². The van der Waals surface area contributed by atoms with E-state index in [-0.39, 0.29) is 0 Å². The monoisotopic (exact) mass is 148 g/mol. The van der Waals surface area contributed by atoms with E-state index < -0.39 is 0 Å². The zero-order valence-electron chi connectivity index (χ0n) is 5.39. The molecule has 0 aliphatic carbocycles. The third-order valence-corrected chi connectivity index (χ3v) is 5.44.